The molecule has 1 aliphatic heterocycles. The number of carboxylic acid groups (broad SMARTS) is 1. The Morgan fingerprint density at radius 3 is 2.55 bits per heavy atom. The number of nitrogens with two attached hydrogens (primary N) is 1. The maximum absolute atomic E-state index is 12.1. The van der Waals surface area contributed by atoms with Crippen LogP contribution in [-0.4, -0.2) is 58.8 Å². The molecule has 1 fully saturated rings. The van der Waals surface area contributed by atoms with E-state index in [-0.39, 0.29) is 30.1 Å². The highest BCUT2D eigenvalue weighted by Crippen LogP contribution is 2.23. The van der Waals surface area contributed by atoms with E-state index in [1.807, 2.05) is 13.8 Å². The van der Waals surface area contributed by atoms with Gasteiger partial charge in [-0.05, 0) is 18.7 Å². The van der Waals surface area contributed by atoms with E-state index >= 15 is 0 Å². The van der Waals surface area contributed by atoms with Crippen LogP contribution in [-0.2, 0) is 9.59 Å². The Balaban J connectivity index is 2.66. The molecule has 0 spiro atoms. The van der Waals surface area contributed by atoms with Crippen LogP contribution in [0.2, 0.25) is 6.32 Å². The van der Waals surface area contributed by atoms with Crippen molar-refractivity contribution >= 4 is 19.0 Å². The lowest BCUT2D eigenvalue weighted by Gasteiger charge is -2.25. The lowest BCUT2D eigenvalue weighted by molar-refractivity contribution is -0.140. The summed E-state index contributed by atoms with van der Waals surface area (Å²) in [5.74, 6) is -1.58. The van der Waals surface area contributed by atoms with Crippen LogP contribution in [0.25, 0.3) is 0 Å². The van der Waals surface area contributed by atoms with Crippen LogP contribution >= 0.6 is 0 Å². The molecular formula is C13H26BN3O5. The first kappa shape index (κ1) is 18.9. The highest BCUT2D eigenvalue weighted by atomic mass is 16.4. The number of nitrogens with one attached hydrogen (secondary N) is 2. The molecular weight excluding hydrogens is 289 g/mol. The van der Waals surface area contributed by atoms with Crippen molar-refractivity contribution in [3.05, 3.63) is 0 Å². The predicted octanol–water partition coefficient (Wildman–Crippen LogP) is -1.62. The van der Waals surface area contributed by atoms with Crippen molar-refractivity contribution < 1.29 is 24.7 Å². The summed E-state index contributed by atoms with van der Waals surface area (Å²) in [5, 5.41) is 32.7. The quantitative estimate of drug-likeness (QED) is 0.295. The van der Waals surface area contributed by atoms with E-state index in [0.717, 1.165) is 0 Å². The summed E-state index contributed by atoms with van der Waals surface area (Å²) >= 11 is 0. The van der Waals surface area contributed by atoms with Crippen molar-refractivity contribution in [2.75, 3.05) is 6.54 Å². The minimum absolute atomic E-state index is 0.00683. The number of aliphatic carboxylic acids is 1. The summed E-state index contributed by atoms with van der Waals surface area (Å²) in [6, 6.07) is -1.71. The zero-order valence-corrected chi connectivity index (χ0v) is 13.0. The Labute approximate surface area is 130 Å². The van der Waals surface area contributed by atoms with E-state index in [2.05, 4.69) is 10.6 Å². The Morgan fingerprint density at radius 2 is 2.05 bits per heavy atom. The second-order valence-corrected chi connectivity index (χ2v) is 6.18. The molecule has 9 heteroatoms. The van der Waals surface area contributed by atoms with E-state index in [0.29, 0.717) is 19.4 Å². The van der Waals surface area contributed by atoms with Gasteiger partial charge in [-0.25, -0.2) is 0 Å². The van der Waals surface area contributed by atoms with Crippen LogP contribution in [0.4, 0.5) is 0 Å². The first-order chi connectivity index (χ1) is 10.2. The topological polar surface area (TPSA) is 145 Å². The largest absolute Gasteiger partial charge is 0.480 e. The highest BCUT2D eigenvalue weighted by Gasteiger charge is 2.41. The van der Waals surface area contributed by atoms with Gasteiger partial charge in [-0.2, -0.15) is 0 Å². The van der Waals surface area contributed by atoms with Crippen molar-refractivity contribution in [1.29, 1.82) is 0 Å². The zero-order valence-electron chi connectivity index (χ0n) is 13.0. The van der Waals surface area contributed by atoms with E-state index in [1.165, 1.54) is 0 Å². The number of hydrogen-bond acceptors (Lipinski definition) is 6. The normalized spacial score (nSPS) is 26.0. The number of amides is 1. The van der Waals surface area contributed by atoms with Crippen LogP contribution in [0, 0.1) is 11.8 Å². The van der Waals surface area contributed by atoms with Gasteiger partial charge in [-0.1, -0.05) is 20.3 Å². The summed E-state index contributed by atoms with van der Waals surface area (Å²) in [5.41, 5.74) is 5.80. The maximum atomic E-state index is 12.1. The Kier molecular flexibility index (Phi) is 7.27. The Bertz CT molecular complexity index is 394. The van der Waals surface area contributed by atoms with Gasteiger partial charge in [0.1, 0.15) is 6.04 Å². The summed E-state index contributed by atoms with van der Waals surface area (Å²) < 4.78 is 0. The zero-order chi connectivity index (χ0) is 16.9. The van der Waals surface area contributed by atoms with Gasteiger partial charge in [0.15, 0.2) is 0 Å². The predicted molar refractivity (Wildman–Crippen MR) is 81.9 cm³/mol. The molecule has 0 aromatic heterocycles. The molecule has 0 bridgehead atoms. The molecule has 1 saturated heterocycles. The fourth-order valence-corrected chi connectivity index (χ4v) is 2.70. The third-order valence-electron chi connectivity index (χ3n) is 4.12. The van der Waals surface area contributed by atoms with E-state index in [9.17, 15) is 14.7 Å². The maximum Gasteiger partial charge on any atom is 0.451 e. The molecule has 1 aliphatic rings. The second-order valence-electron chi connectivity index (χ2n) is 6.18. The average Bonchev–Trinajstić information content (AvgIpc) is 2.80. The molecule has 0 radical (unpaired) electrons. The van der Waals surface area contributed by atoms with Crippen molar-refractivity contribution in [2.24, 2.45) is 17.6 Å². The second kappa shape index (κ2) is 8.47. The fraction of sp³-hybridized carbons (Fsp3) is 0.846. The Hall–Kier alpha value is -1.16. The standard InChI is InChI=1S/C13H26BN3O5/c1-7(2)10(15)12(18)17-9-6-16-11(13(19)20)8(9)4-3-5-14(21)22/h7-11,16,21-22H,3-6,15H2,1-2H3,(H,17,18)(H,19,20)/t8-,9+,10+,11+/m1/s1. The van der Waals surface area contributed by atoms with E-state index < -0.39 is 25.2 Å². The SMILES string of the molecule is CC(C)[C@H](N)C(=O)N[C@H]1CN[C@H](C(=O)O)[C@@H]1CCCB(O)O. The van der Waals surface area contributed by atoms with E-state index in [1.54, 1.807) is 0 Å². The van der Waals surface area contributed by atoms with Crippen LogP contribution in [0.15, 0.2) is 0 Å². The molecule has 0 unspecified atom stereocenters. The molecule has 7 N–H and O–H groups in total. The first-order valence-corrected chi connectivity index (χ1v) is 7.62. The van der Waals surface area contributed by atoms with Crippen molar-refractivity contribution in [1.82, 2.24) is 10.6 Å². The summed E-state index contributed by atoms with van der Waals surface area (Å²) in [6.45, 7) is 4.05. The lowest BCUT2D eigenvalue weighted by Crippen LogP contribution is -2.50. The molecule has 0 saturated carbocycles. The summed E-state index contributed by atoms with van der Waals surface area (Å²) in [7, 11) is -1.40. The molecule has 8 nitrogen and oxygen atoms in total. The molecule has 1 rings (SSSR count). The lowest BCUT2D eigenvalue weighted by atomic mass is 9.80. The van der Waals surface area contributed by atoms with Crippen LogP contribution < -0.4 is 16.4 Å². The third-order valence-corrected chi connectivity index (χ3v) is 4.12. The smallest absolute Gasteiger partial charge is 0.451 e. The summed E-state index contributed by atoms with van der Waals surface area (Å²) in [6.07, 6.45) is 1.12. The van der Waals surface area contributed by atoms with Gasteiger partial charge in [0, 0.05) is 18.5 Å². The number of carboxylic acids is 1. The van der Waals surface area contributed by atoms with Gasteiger partial charge in [-0.3, -0.25) is 9.59 Å². The van der Waals surface area contributed by atoms with Crippen LogP contribution in [0.5, 0.6) is 0 Å². The van der Waals surface area contributed by atoms with Gasteiger partial charge in [-0.15, -0.1) is 0 Å². The summed E-state index contributed by atoms with van der Waals surface area (Å²) in [4.78, 5) is 23.3. The minimum atomic E-state index is -1.40. The molecule has 126 valence electrons. The fourth-order valence-electron chi connectivity index (χ4n) is 2.70. The van der Waals surface area contributed by atoms with Gasteiger partial charge >= 0.3 is 13.1 Å². The molecule has 0 aromatic carbocycles. The molecule has 1 amide bonds. The highest BCUT2D eigenvalue weighted by molar-refractivity contribution is 6.40. The van der Waals surface area contributed by atoms with Gasteiger partial charge in [0.05, 0.1) is 6.04 Å². The average molecular weight is 315 g/mol. The van der Waals surface area contributed by atoms with Crippen molar-refractivity contribution in [3.8, 4) is 0 Å². The van der Waals surface area contributed by atoms with E-state index in [4.69, 9.17) is 15.8 Å². The monoisotopic (exact) mass is 315 g/mol. The first-order valence-electron chi connectivity index (χ1n) is 7.62. The van der Waals surface area contributed by atoms with Crippen LogP contribution in [0.1, 0.15) is 26.7 Å². The number of carbonyl (C=O) groups is 2. The molecule has 4 atom stereocenters. The van der Waals surface area contributed by atoms with Gasteiger partial charge in [0.2, 0.25) is 5.91 Å². The van der Waals surface area contributed by atoms with Gasteiger partial charge < -0.3 is 31.5 Å². The van der Waals surface area contributed by atoms with Gasteiger partial charge in [0.25, 0.3) is 0 Å². The van der Waals surface area contributed by atoms with Crippen molar-refractivity contribution in [2.45, 2.75) is 51.1 Å². The van der Waals surface area contributed by atoms with Crippen molar-refractivity contribution in [3.63, 3.8) is 0 Å². The molecule has 0 aliphatic carbocycles. The number of rotatable bonds is 8. The molecule has 0 aromatic rings. The third kappa shape index (κ3) is 5.24. The minimum Gasteiger partial charge on any atom is -0.480 e. The Morgan fingerprint density at radius 1 is 1.41 bits per heavy atom. The number of hydrogen-bond donors (Lipinski definition) is 6. The molecule has 1 heterocycles. The van der Waals surface area contributed by atoms with Crippen LogP contribution in [0.3, 0.4) is 0 Å². The number of carbonyl (C=O) groups excluding carboxylic acids is 1. The molecule has 22 heavy (non-hydrogen) atoms.